The number of rotatable bonds is 3. The Balaban J connectivity index is 1.90. The number of esters is 1. The molecule has 0 heterocycles. The van der Waals surface area contributed by atoms with Crippen LogP contribution in [0.3, 0.4) is 0 Å². The molecule has 1 N–H and O–H groups in total. The molecule has 0 aromatic heterocycles. The molecule has 0 fully saturated rings. The highest BCUT2D eigenvalue weighted by Gasteiger charge is 2.15. The van der Waals surface area contributed by atoms with Crippen LogP contribution in [-0.4, -0.2) is 18.5 Å². The highest BCUT2D eigenvalue weighted by atomic mass is 16.5. The Morgan fingerprint density at radius 2 is 2.06 bits per heavy atom. The highest BCUT2D eigenvalue weighted by molar-refractivity contribution is 6.32. The second kappa shape index (κ2) is 5.67. The van der Waals surface area contributed by atoms with E-state index in [1.165, 1.54) is 17.5 Å². The van der Waals surface area contributed by atoms with Gasteiger partial charge in [-0.3, -0.25) is 4.79 Å². The summed E-state index contributed by atoms with van der Waals surface area (Å²) in [4.78, 5) is 22.5. The van der Waals surface area contributed by atoms with E-state index in [1.807, 2.05) is 6.07 Å². The molecule has 1 aromatic carbocycles. The van der Waals surface area contributed by atoms with Gasteiger partial charge in [-0.15, -0.1) is 0 Å². The quantitative estimate of drug-likeness (QED) is 0.648. The van der Waals surface area contributed by atoms with Crippen LogP contribution in [0.5, 0.6) is 0 Å². The smallest absolute Gasteiger partial charge is 0.396 e. The first-order valence-electron chi connectivity index (χ1n) is 6.26. The third-order valence-corrected chi connectivity index (χ3v) is 3.08. The minimum Gasteiger partial charge on any atom is -0.459 e. The van der Waals surface area contributed by atoms with Gasteiger partial charge in [-0.2, -0.15) is 0 Å². The average Bonchev–Trinajstić information content (AvgIpc) is 2.83. The van der Waals surface area contributed by atoms with Crippen LogP contribution in [0.2, 0.25) is 0 Å². The zero-order valence-corrected chi connectivity index (χ0v) is 10.5. The van der Waals surface area contributed by atoms with E-state index < -0.39 is 11.9 Å². The maximum atomic E-state index is 11.4. The van der Waals surface area contributed by atoms with Crippen LogP contribution >= 0.6 is 0 Å². The van der Waals surface area contributed by atoms with Gasteiger partial charge in [-0.1, -0.05) is 18.2 Å². The van der Waals surface area contributed by atoms with Crippen LogP contribution in [0.15, 0.2) is 18.2 Å². The summed E-state index contributed by atoms with van der Waals surface area (Å²) < 4.78 is 4.62. The summed E-state index contributed by atoms with van der Waals surface area (Å²) in [6.45, 7) is 2.25. The Labute approximate surface area is 106 Å². The molecular weight excluding hydrogens is 230 g/mol. The maximum Gasteiger partial charge on any atom is 0.396 e. The third-order valence-electron chi connectivity index (χ3n) is 3.08. The van der Waals surface area contributed by atoms with Crippen molar-refractivity contribution in [2.45, 2.75) is 32.7 Å². The predicted octanol–water partition coefficient (Wildman–Crippen LogP) is 1.35. The van der Waals surface area contributed by atoms with Gasteiger partial charge in [-0.25, -0.2) is 4.79 Å². The van der Waals surface area contributed by atoms with Crippen molar-refractivity contribution in [2.75, 3.05) is 6.61 Å². The number of benzene rings is 1. The van der Waals surface area contributed by atoms with Crippen molar-refractivity contribution in [3.8, 4) is 0 Å². The number of hydrogen-bond acceptors (Lipinski definition) is 3. The first-order valence-corrected chi connectivity index (χ1v) is 6.26. The van der Waals surface area contributed by atoms with Gasteiger partial charge >= 0.3 is 11.9 Å². The molecule has 1 aliphatic rings. The van der Waals surface area contributed by atoms with Gasteiger partial charge in [0.2, 0.25) is 0 Å². The fourth-order valence-corrected chi connectivity index (χ4v) is 2.19. The van der Waals surface area contributed by atoms with E-state index in [0.29, 0.717) is 6.54 Å². The summed E-state index contributed by atoms with van der Waals surface area (Å²) in [5, 5.41) is 2.56. The van der Waals surface area contributed by atoms with E-state index >= 15 is 0 Å². The number of hydrogen-bond donors (Lipinski definition) is 1. The number of ether oxygens (including phenoxy) is 1. The lowest BCUT2D eigenvalue weighted by Crippen LogP contribution is -2.32. The van der Waals surface area contributed by atoms with Crippen molar-refractivity contribution in [2.24, 2.45) is 0 Å². The summed E-state index contributed by atoms with van der Waals surface area (Å²) in [6.07, 6.45) is 3.45. The molecule has 2 rings (SSSR count). The van der Waals surface area contributed by atoms with Gasteiger partial charge in [0.25, 0.3) is 0 Å². The zero-order valence-electron chi connectivity index (χ0n) is 10.5. The van der Waals surface area contributed by atoms with Gasteiger partial charge in [0.05, 0.1) is 6.61 Å². The van der Waals surface area contributed by atoms with Gasteiger partial charge < -0.3 is 10.1 Å². The van der Waals surface area contributed by atoms with Crippen LogP contribution < -0.4 is 5.32 Å². The molecule has 0 radical (unpaired) electrons. The monoisotopic (exact) mass is 247 g/mol. The molecule has 0 unspecified atom stereocenters. The first-order chi connectivity index (χ1) is 8.70. The van der Waals surface area contributed by atoms with E-state index in [4.69, 9.17) is 0 Å². The predicted molar refractivity (Wildman–Crippen MR) is 66.9 cm³/mol. The van der Waals surface area contributed by atoms with Crippen LogP contribution in [0.1, 0.15) is 30.0 Å². The number of aryl methyl sites for hydroxylation is 2. The summed E-state index contributed by atoms with van der Waals surface area (Å²) in [7, 11) is 0. The second-order valence-corrected chi connectivity index (χ2v) is 4.36. The topological polar surface area (TPSA) is 55.4 Å². The minimum absolute atomic E-state index is 0.213. The standard InChI is InChI=1S/C14H17NO3/c1-2-18-14(17)13(16)15-9-10-6-7-11-4-3-5-12(11)8-10/h6-8H,2-5,9H2,1H3,(H,15,16). The number of carbonyl (C=O) groups is 2. The van der Waals surface area contributed by atoms with Gasteiger partial charge in [0, 0.05) is 6.54 Å². The lowest BCUT2D eigenvalue weighted by molar-refractivity contribution is -0.154. The zero-order chi connectivity index (χ0) is 13.0. The van der Waals surface area contributed by atoms with E-state index in [0.717, 1.165) is 18.4 Å². The molecule has 1 aliphatic carbocycles. The SMILES string of the molecule is CCOC(=O)C(=O)NCc1ccc2c(c1)CCC2. The summed E-state index contributed by atoms with van der Waals surface area (Å²) in [5.41, 5.74) is 3.78. The maximum absolute atomic E-state index is 11.4. The Bertz CT molecular complexity index is 468. The van der Waals surface area contributed by atoms with Gasteiger partial charge in [0.1, 0.15) is 0 Å². The molecule has 0 atom stereocenters. The summed E-state index contributed by atoms with van der Waals surface area (Å²) >= 11 is 0. The molecule has 1 aromatic rings. The van der Waals surface area contributed by atoms with Crippen molar-refractivity contribution in [1.82, 2.24) is 5.32 Å². The number of nitrogens with one attached hydrogen (secondary N) is 1. The largest absolute Gasteiger partial charge is 0.459 e. The molecule has 0 saturated heterocycles. The van der Waals surface area contributed by atoms with Crippen molar-refractivity contribution in [1.29, 1.82) is 0 Å². The molecule has 18 heavy (non-hydrogen) atoms. The third kappa shape index (κ3) is 2.88. The van der Waals surface area contributed by atoms with Gasteiger partial charge in [0.15, 0.2) is 0 Å². The lowest BCUT2D eigenvalue weighted by Gasteiger charge is -2.06. The molecule has 0 spiro atoms. The minimum atomic E-state index is -0.821. The van der Waals surface area contributed by atoms with Crippen LogP contribution in [0.4, 0.5) is 0 Å². The number of amides is 1. The lowest BCUT2D eigenvalue weighted by atomic mass is 10.1. The Morgan fingerprint density at radius 1 is 1.28 bits per heavy atom. The molecule has 1 amide bonds. The average molecular weight is 247 g/mol. The Kier molecular flexibility index (Phi) is 3.97. The van der Waals surface area contributed by atoms with Crippen molar-refractivity contribution in [3.05, 3.63) is 34.9 Å². The van der Waals surface area contributed by atoms with Gasteiger partial charge in [-0.05, 0) is 42.9 Å². The molecular formula is C14H17NO3. The summed E-state index contributed by atoms with van der Waals surface area (Å²) in [6, 6.07) is 6.21. The first kappa shape index (κ1) is 12.6. The second-order valence-electron chi connectivity index (χ2n) is 4.36. The number of carbonyl (C=O) groups excluding carboxylic acids is 2. The Morgan fingerprint density at radius 3 is 2.83 bits per heavy atom. The van der Waals surface area contributed by atoms with E-state index in [9.17, 15) is 9.59 Å². The molecule has 96 valence electrons. The Hall–Kier alpha value is -1.84. The fourth-order valence-electron chi connectivity index (χ4n) is 2.19. The van der Waals surface area contributed by atoms with Crippen molar-refractivity contribution < 1.29 is 14.3 Å². The number of fused-ring (bicyclic) bond motifs is 1. The van der Waals surface area contributed by atoms with E-state index in [1.54, 1.807) is 6.92 Å². The van der Waals surface area contributed by atoms with Crippen LogP contribution in [0, 0.1) is 0 Å². The van der Waals surface area contributed by atoms with E-state index in [2.05, 4.69) is 22.2 Å². The van der Waals surface area contributed by atoms with Crippen molar-refractivity contribution >= 4 is 11.9 Å². The van der Waals surface area contributed by atoms with Crippen molar-refractivity contribution in [3.63, 3.8) is 0 Å². The van der Waals surface area contributed by atoms with Crippen LogP contribution in [-0.2, 0) is 33.7 Å². The highest BCUT2D eigenvalue weighted by Crippen LogP contribution is 2.22. The molecule has 0 saturated carbocycles. The molecule has 0 aliphatic heterocycles. The molecule has 0 bridgehead atoms. The van der Waals surface area contributed by atoms with Crippen LogP contribution in [0.25, 0.3) is 0 Å². The normalized spacial score (nSPS) is 12.9. The molecule has 4 nitrogen and oxygen atoms in total. The van der Waals surface area contributed by atoms with E-state index in [-0.39, 0.29) is 6.61 Å². The fraction of sp³-hybridized carbons (Fsp3) is 0.429. The molecule has 4 heteroatoms. The summed E-state index contributed by atoms with van der Waals surface area (Å²) in [5.74, 6) is -1.50.